The number of piperidine rings is 1. The quantitative estimate of drug-likeness (QED) is 0.701. The molecule has 1 aromatic carbocycles. The third kappa shape index (κ3) is 4.80. The molecule has 0 unspecified atom stereocenters. The fourth-order valence-electron chi connectivity index (χ4n) is 5.56. The Hall–Kier alpha value is -2.07. The number of rotatable bonds is 6. The van der Waals surface area contributed by atoms with Gasteiger partial charge in [-0.2, -0.15) is 0 Å². The van der Waals surface area contributed by atoms with Crippen LogP contribution in [0.25, 0.3) is 5.69 Å². The molecule has 4 nitrogen and oxygen atoms in total. The number of benzene rings is 1. The molecular formula is C26H37N3O. The van der Waals surface area contributed by atoms with E-state index in [0.29, 0.717) is 0 Å². The maximum atomic E-state index is 12.6. The molecule has 2 atom stereocenters. The molecule has 2 aromatic rings. The van der Waals surface area contributed by atoms with Crippen LogP contribution in [0.5, 0.6) is 0 Å². The number of aromatic nitrogens is 1. The molecule has 1 aromatic heterocycles. The lowest BCUT2D eigenvalue weighted by Gasteiger charge is -2.34. The Kier molecular flexibility index (Phi) is 6.62. The smallest absolute Gasteiger partial charge is 0.251 e. The highest BCUT2D eigenvalue weighted by atomic mass is 16.1. The third-order valence-electron chi connectivity index (χ3n) is 6.75. The van der Waals surface area contributed by atoms with Gasteiger partial charge in [0.15, 0.2) is 0 Å². The molecule has 162 valence electrons. The van der Waals surface area contributed by atoms with Gasteiger partial charge in [-0.25, -0.2) is 0 Å². The summed E-state index contributed by atoms with van der Waals surface area (Å²) in [6.07, 6.45) is 7.27. The van der Waals surface area contributed by atoms with E-state index in [1.54, 1.807) is 0 Å². The molecule has 4 heteroatoms. The maximum absolute atomic E-state index is 12.6. The number of fused-ring (bicyclic) bond motifs is 1. The van der Waals surface area contributed by atoms with Gasteiger partial charge >= 0.3 is 0 Å². The van der Waals surface area contributed by atoms with Gasteiger partial charge in [-0.15, -0.1) is 0 Å². The Morgan fingerprint density at radius 3 is 2.50 bits per heavy atom. The first-order valence-corrected chi connectivity index (χ1v) is 11.8. The van der Waals surface area contributed by atoms with Crippen molar-refractivity contribution in [3.63, 3.8) is 0 Å². The zero-order valence-corrected chi connectivity index (χ0v) is 18.9. The molecule has 0 spiro atoms. The molecule has 4 rings (SSSR count). The van der Waals surface area contributed by atoms with Crippen LogP contribution in [0.1, 0.15) is 66.8 Å². The lowest BCUT2D eigenvalue weighted by Crippen LogP contribution is -2.40. The fraction of sp³-hybridized carbons (Fsp3) is 0.577. The summed E-state index contributed by atoms with van der Waals surface area (Å²) in [6.45, 7) is 11.1. The van der Waals surface area contributed by atoms with Gasteiger partial charge in [-0.05, 0) is 99.7 Å². The minimum atomic E-state index is 0.0354. The van der Waals surface area contributed by atoms with Crippen molar-refractivity contribution >= 4 is 5.91 Å². The van der Waals surface area contributed by atoms with Crippen LogP contribution in [-0.4, -0.2) is 41.6 Å². The molecule has 2 aliphatic rings. The molecular weight excluding hydrogens is 370 g/mol. The zero-order valence-electron chi connectivity index (χ0n) is 18.9. The van der Waals surface area contributed by atoms with Gasteiger partial charge in [0, 0.05) is 42.3 Å². The molecule has 1 saturated heterocycles. The standard InChI is InChI=1S/C26H37N3O/c1-19-15-20(2)18-28(17-19)14-6-13-27-26(30)22-9-11-24(12-10-22)29-21(3)16-23-7-4-5-8-25(23)29/h9-12,16,19-20H,4-8,13-15,17-18H2,1-3H3,(H,27,30)/t19-,20-/m1/s1. The van der Waals surface area contributed by atoms with E-state index in [1.807, 2.05) is 12.1 Å². The Morgan fingerprint density at radius 1 is 1.07 bits per heavy atom. The van der Waals surface area contributed by atoms with E-state index in [4.69, 9.17) is 0 Å². The summed E-state index contributed by atoms with van der Waals surface area (Å²) >= 11 is 0. The van der Waals surface area contributed by atoms with E-state index in [1.165, 1.54) is 61.4 Å². The molecule has 1 aliphatic heterocycles. The van der Waals surface area contributed by atoms with Crippen LogP contribution in [0.4, 0.5) is 0 Å². The molecule has 1 aliphatic carbocycles. The van der Waals surface area contributed by atoms with Crippen LogP contribution in [0.3, 0.4) is 0 Å². The van der Waals surface area contributed by atoms with Crippen molar-refractivity contribution in [2.45, 2.75) is 59.3 Å². The minimum Gasteiger partial charge on any atom is -0.352 e. The van der Waals surface area contributed by atoms with Crippen molar-refractivity contribution < 1.29 is 4.79 Å². The second-order valence-electron chi connectivity index (χ2n) is 9.66. The summed E-state index contributed by atoms with van der Waals surface area (Å²) in [5.41, 5.74) is 6.16. The summed E-state index contributed by atoms with van der Waals surface area (Å²) < 4.78 is 2.37. The van der Waals surface area contributed by atoms with Crippen LogP contribution >= 0.6 is 0 Å². The van der Waals surface area contributed by atoms with Crippen LogP contribution in [-0.2, 0) is 12.8 Å². The van der Waals surface area contributed by atoms with E-state index >= 15 is 0 Å². The first-order valence-electron chi connectivity index (χ1n) is 11.8. The second-order valence-corrected chi connectivity index (χ2v) is 9.66. The van der Waals surface area contributed by atoms with Gasteiger partial charge in [-0.3, -0.25) is 4.79 Å². The van der Waals surface area contributed by atoms with Crippen molar-refractivity contribution in [3.8, 4) is 5.69 Å². The number of carbonyl (C=O) groups is 1. The van der Waals surface area contributed by atoms with E-state index < -0.39 is 0 Å². The van der Waals surface area contributed by atoms with Gasteiger partial charge in [0.1, 0.15) is 0 Å². The highest BCUT2D eigenvalue weighted by molar-refractivity contribution is 5.94. The van der Waals surface area contributed by atoms with Crippen molar-refractivity contribution in [2.75, 3.05) is 26.2 Å². The van der Waals surface area contributed by atoms with Crippen molar-refractivity contribution in [1.29, 1.82) is 0 Å². The lowest BCUT2D eigenvalue weighted by atomic mass is 9.92. The van der Waals surface area contributed by atoms with Crippen LogP contribution in [0.2, 0.25) is 0 Å². The van der Waals surface area contributed by atoms with Crippen LogP contribution in [0.15, 0.2) is 30.3 Å². The highest BCUT2D eigenvalue weighted by Gasteiger charge is 2.21. The molecule has 2 heterocycles. The number of nitrogens with zero attached hydrogens (tertiary/aromatic N) is 2. The van der Waals surface area contributed by atoms with Gasteiger partial charge < -0.3 is 14.8 Å². The topological polar surface area (TPSA) is 37.3 Å². The molecule has 30 heavy (non-hydrogen) atoms. The van der Waals surface area contributed by atoms with Crippen molar-refractivity contribution in [1.82, 2.24) is 14.8 Å². The van der Waals surface area contributed by atoms with E-state index in [9.17, 15) is 4.79 Å². The fourth-order valence-corrected chi connectivity index (χ4v) is 5.56. The Bertz CT molecular complexity index is 857. The predicted molar refractivity (Wildman–Crippen MR) is 123 cm³/mol. The van der Waals surface area contributed by atoms with Crippen LogP contribution < -0.4 is 5.32 Å². The number of amides is 1. The second kappa shape index (κ2) is 9.38. The van der Waals surface area contributed by atoms with Gasteiger partial charge in [0.2, 0.25) is 0 Å². The van der Waals surface area contributed by atoms with Crippen molar-refractivity contribution in [2.24, 2.45) is 11.8 Å². The van der Waals surface area contributed by atoms with E-state index in [2.05, 4.69) is 53.8 Å². The summed E-state index contributed by atoms with van der Waals surface area (Å²) in [4.78, 5) is 15.1. The van der Waals surface area contributed by atoms with E-state index in [0.717, 1.165) is 43.3 Å². The minimum absolute atomic E-state index is 0.0354. The molecule has 1 fully saturated rings. The van der Waals surface area contributed by atoms with Crippen molar-refractivity contribution in [3.05, 3.63) is 52.8 Å². The Morgan fingerprint density at radius 2 is 1.77 bits per heavy atom. The number of hydrogen-bond acceptors (Lipinski definition) is 2. The average molecular weight is 408 g/mol. The molecule has 1 N–H and O–H groups in total. The molecule has 0 bridgehead atoms. The predicted octanol–water partition coefficient (Wildman–Crippen LogP) is 4.76. The summed E-state index contributed by atoms with van der Waals surface area (Å²) in [5.74, 6) is 1.61. The van der Waals surface area contributed by atoms with Gasteiger partial charge in [0.25, 0.3) is 5.91 Å². The maximum Gasteiger partial charge on any atom is 0.251 e. The SMILES string of the molecule is Cc1cc2c(n1-c1ccc(C(=O)NCCCN3C[C@H](C)C[C@@H](C)C3)cc1)CCCC2. The van der Waals surface area contributed by atoms with Crippen LogP contribution in [0, 0.1) is 18.8 Å². The van der Waals surface area contributed by atoms with Gasteiger partial charge in [-0.1, -0.05) is 13.8 Å². The number of nitrogens with one attached hydrogen (secondary N) is 1. The zero-order chi connectivity index (χ0) is 21.1. The monoisotopic (exact) mass is 407 g/mol. The van der Waals surface area contributed by atoms with Gasteiger partial charge in [0.05, 0.1) is 0 Å². The largest absolute Gasteiger partial charge is 0.352 e. The molecule has 0 saturated carbocycles. The van der Waals surface area contributed by atoms with E-state index in [-0.39, 0.29) is 5.91 Å². The highest BCUT2D eigenvalue weighted by Crippen LogP contribution is 2.28. The molecule has 0 radical (unpaired) electrons. The number of aryl methyl sites for hydroxylation is 2. The Labute approximate surface area is 181 Å². The Balaban J connectivity index is 1.30. The first-order chi connectivity index (χ1) is 14.5. The summed E-state index contributed by atoms with van der Waals surface area (Å²) in [7, 11) is 0. The number of likely N-dealkylation sites (tertiary alicyclic amines) is 1. The molecule has 1 amide bonds. The summed E-state index contributed by atoms with van der Waals surface area (Å²) in [5, 5.41) is 3.10. The summed E-state index contributed by atoms with van der Waals surface area (Å²) in [6, 6.07) is 10.4. The number of hydrogen-bond donors (Lipinski definition) is 1. The lowest BCUT2D eigenvalue weighted by molar-refractivity contribution is 0.0947. The third-order valence-corrected chi connectivity index (χ3v) is 6.75. The average Bonchev–Trinajstić information content (AvgIpc) is 3.06. The number of carbonyl (C=O) groups excluding carboxylic acids is 1. The normalized spacial score (nSPS) is 22.0. The first kappa shape index (κ1) is 21.2.